The predicted molar refractivity (Wildman–Crippen MR) is 69.6 cm³/mol. The molecule has 0 amide bonds. The quantitative estimate of drug-likeness (QED) is 0.772. The number of nitrogens with one attached hydrogen (secondary N) is 2. The van der Waals surface area contributed by atoms with Crippen LogP contribution in [-0.4, -0.2) is 36.1 Å². The number of furan rings is 1. The first-order valence-electron chi connectivity index (χ1n) is 6.40. The average molecular weight is 303 g/mol. The minimum absolute atomic E-state index is 0.00739. The van der Waals surface area contributed by atoms with Crippen molar-refractivity contribution in [2.45, 2.75) is 19.6 Å². The molecule has 2 aromatic rings. The lowest BCUT2D eigenvalue weighted by molar-refractivity contribution is -0.173. The monoisotopic (exact) mass is 303 g/mol. The van der Waals surface area contributed by atoms with Crippen LogP contribution in [0.25, 0.3) is 11.5 Å². The lowest BCUT2D eigenvalue weighted by Crippen LogP contribution is -2.23. The van der Waals surface area contributed by atoms with E-state index < -0.39 is 12.8 Å². The number of rotatable bonds is 7. The summed E-state index contributed by atoms with van der Waals surface area (Å²) in [6, 6.07) is 3.68. The van der Waals surface area contributed by atoms with Gasteiger partial charge in [0.05, 0.1) is 12.8 Å². The average Bonchev–Trinajstić information content (AvgIpc) is 3.00. The number of alkyl halides is 3. The van der Waals surface area contributed by atoms with E-state index in [0.717, 1.165) is 17.0 Å². The number of ether oxygens (including phenoxy) is 1. The molecule has 0 saturated carbocycles. The van der Waals surface area contributed by atoms with E-state index >= 15 is 0 Å². The summed E-state index contributed by atoms with van der Waals surface area (Å²) in [5, 5.41) is 9.79. The molecule has 2 rings (SSSR count). The van der Waals surface area contributed by atoms with Gasteiger partial charge in [-0.2, -0.15) is 18.3 Å². The number of H-pyrrole nitrogens is 1. The van der Waals surface area contributed by atoms with Gasteiger partial charge in [-0.15, -0.1) is 0 Å². The van der Waals surface area contributed by atoms with Crippen molar-refractivity contribution in [1.29, 1.82) is 0 Å². The van der Waals surface area contributed by atoms with E-state index in [9.17, 15) is 13.2 Å². The van der Waals surface area contributed by atoms with Crippen LogP contribution in [0.5, 0.6) is 0 Å². The van der Waals surface area contributed by atoms with E-state index in [1.54, 1.807) is 6.20 Å². The molecule has 8 heteroatoms. The molecule has 0 atom stereocenters. The van der Waals surface area contributed by atoms with Crippen LogP contribution in [0, 0.1) is 6.92 Å². The molecule has 0 unspecified atom stereocenters. The number of hydrogen-bond acceptors (Lipinski definition) is 4. The Morgan fingerprint density at radius 1 is 1.38 bits per heavy atom. The predicted octanol–water partition coefficient (Wildman–Crippen LogP) is 2.65. The van der Waals surface area contributed by atoms with Gasteiger partial charge < -0.3 is 14.5 Å². The van der Waals surface area contributed by atoms with E-state index in [1.165, 1.54) is 0 Å². The molecule has 2 heterocycles. The Hall–Kier alpha value is -1.80. The molecule has 116 valence electrons. The second-order valence-electron chi connectivity index (χ2n) is 4.53. The Labute approximate surface area is 119 Å². The topological polar surface area (TPSA) is 63.1 Å². The van der Waals surface area contributed by atoms with Gasteiger partial charge >= 0.3 is 6.18 Å². The Bertz CT molecular complexity index is 563. The fourth-order valence-corrected chi connectivity index (χ4v) is 1.78. The molecule has 21 heavy (non-hydrogen) atoms. The van der Waals surface area contributed by atoms with Gasteiger partial charge in [0.25, 0.3) is 0 Å². The van der Waals surface area contributed by atoms with Crippen molar-refractivity contribution in [3.8, 4) is 11.5 Å². The van der Waals surface area contributed by atoms with Crippen LogP contribution in [0.4, 0.5) is 13.2 Å². The fourth-order valence-electron chi connectivity index (χ4n) is 1.78. The van der Waals surface area contributed by atoms with Gasteiger partial charge in [0.15, 0.2) is 5.76 Å². The highest BCUT2D eigenvalue weighted by Crippen LogP contribution is 2.23. The molecule has 0 radical (unpaired) electrons. The fraction of sp³-hybridized carbons (Fsp3) is 0.462. The van der Waals surface area contributed by atoms with Crippen LogP contribution in [0.15, 0.2) is 22.7 Å². The summed E-state index contributed by atoms with van der Waals surface area (Å²) in [6.45, 7) is 1.39. The number of aryl methyl sites for hydroxylation is 1. The molecule has 0 spiro atoms. The van der Waals surface area contributed by atoms with E-state index in [1.807, 2.05) is 19.1 Å². The molecule has 2 N–H and O–H groups in total. The highest BCUT2D eigenvalue weighted by atomic mass is 19.4. The summed E-state index contributed by atoms with van der Waals surface area (Å²) in [5.74, 6) is 1.47. The molecule has 0 aliphatic carbocycles. The maximum absolute atomic E-state index is 11.9. The Morgan fingerprint density at radius 2 is 2.19 bits per heavy atom. The molecule has 5 nitrogen and oxygen atoms in total. The smallest absolute Gasteiger partial charge is 0.411 e. The van der Waals surface area contributed by atoms with Crippen molar-refractivity contribution in [2.24, 2.45) is 0 Å². The Balaban J connectivity index is 1.76. The van der Waals surface area contributed by atoms with Crippen LogP contribution in [-0.2, 0) is 11.3 Å². The van der Waals surface area contributed by atoms with Gasteiger partial charge in [-0.05, 0) is 19.1 Å². The van der Waals surface area contributed by atoms with Gasteiger partial charge in [-0.3, -0.25) is 5.10 Å². The summed E-state index contributed by atoms with van der Waals surface area (Å²) in [7, 11) is 0. The van der Waals surface area contributed by atoms with E-state index in [-0.39, 0.29) is 6.61 Å². The van der Waals surface area contributed by atoms with Gasteiger partial charge in [0, 0.05) is 18.7 Å². The number of nitrogens with zero attached hydrogens (tertiary/aromatic N) is 1. The Kier molecular flexibility index (Phi) is 5.03. The van der Waals surface area contributed by atoms with E-state index in [0.29, 0.717) is 18.8 Å². The molecule has 0 bridgehead atoms. The molecule has 0 saturated heterocycles. The first-order valence-corrected chi connectivity index (χ1v) is 6.40. The zero-order chi connectivity index (χ0) is 15.3. The SMILES string of the molecule is Cc1ccc(-c2[nH]ncc2CNCCOCC(F)(F)F)o1. The van der Waals surface area contributed by atoms with Gasteiger partial charge in [0.1, 0.15) is 18.1 Å². The zero-order valence-electron chi connectivity index (χ0n) is 11.5. The van der Waals surface area contributed by atoms with Crippen LogP contribution in [0.1, 0.15) is 11.3 Å². The van der Waals surface area contributed by atoms with Crippen LogP contribution < -0.4 is 5.32 Å². The van der Waals surface area contributed by atoms with Crippen molar-refractivity contribution in [2.75, 3.05) is 19.8 Å². The zero-order valence-corrected chi connectivity index (χ0v) is 11.5. The molecular formula is C13H16F3N3O2. The number of halogens is 3. The molecule has 0 aliphatic heterocycles. The third kappa shape index (κ3) is 4.91. The van der Waals surface area contributed by atoms with Crippen molar-refractivity contribution in [3.63, 3.8) is 0 Å². The van der Waals surface area contributed by atoms with Gasteiger partial charge in [0.2, 0.25) is 0 Å². The lowest BCUT2D eigenvalue weighted by Gasteiger charge is -2.08. The van der Waals surface area contributed by atoms with Crippen LogP contribution in [0.3, 0.4) is 0 Å². The van der Waals surface area contributed by atoms with Gasteiger partial charge in [-0.25, -0.2) is 0 Å². The third-order valence-electron chi connectivity index (χ3n) is 2.71. The number of aromatic amines is 1. The summed E-state index contributed by atoms with van der Waals surface area (Å²) in [4.78, 5) is 0. The largest absolute Gasteiger partial charge is 0.460 e. The lowest BCUT2D eigenvalue weighted by atomic mass is 10.2. The van der Waals surface area contributed by atoms with Crippen molar-refractivity contribution in [1.82, 2.24) is 15.5 Å². The highest BCUT2D eigenvalue weighted by molar-refractivity contribution is 5.56. The molecular weight excluding hydrogens is 287 g/mol. The molecule has 0 aliphatic rings. The van der Waals surface area contributed by atoms with E-state index in [2.05, 4.69) is 20.3 Å². The standard InChI is InChI=1S/C13H16F3N3O2/c1-9-2-3-11(21-9)12-10(7-18-19-12)6-17-4-5-20-8-13(14,15)16/h2-3,7,17H,4-6,8H2,1H3,(H,18,19). The summed E-state index contributed by atoms with van der Waals surface area (Å²) in [6.07, 6.45) is -2.63. The van der Waals surface area contributed by atoms with Crippen LogP contribution in [0.2, 0.25) is 0 Å². The summed E-state index contributed by atoms with van der Waals surface area (Å²) >= 11 is 0. The van der Waals surface area contributed by atoms with E-state index in [4.69, 9.17) is 4.42 Å². The summed E-state index contributed by atoms with van der Waals surface area (Å²) < 4.78 is 45.6. The second-order valence-corrected chi connectivity index (χ2v) is 4.53. The number of hydrogen-bond donors (Lipinski definition) is 2. The van der Waals surface area contributed by atoms with Crippen molar-refractivity contribution >= 4 is 0 Å². The Morgan fingerprint density at radius 3 is 2.86 bits per heavy atom. The minimum Gasteiger partial charge on any atom is -0.460 e. The molecule has 0 aromatic carbocycles. The molecule has 0 fully saturated rings. The summed E-state index contributed by atoms with van der Waals surface area (Å²) in [5.41, 5.74) is 1.63. The maximum atomic E-state index is 11.9. The first-order chi connectivity index (χ1) is 9.96. The number of aromatic nitrogens is 2. The van der Waals surface area contributed by atoms with Crippen molar-refractivity contribution < 1.29 is 22.3 Å². The maximum Gasteiger partial charge on any atom is 0.411 e. The normalized spacial score (nSPS) is 12.0. The third-order valence-corrected chi connectivity index (χ3v) is 2.71. The highest BCUT2D eigenvalue weighted by Gasteiger charge is 2.27. The van der Waals surface area contributed by atoms with Crippen LogP contribution >= 0.6 is 0 Å². The second kappa shape index (κ2) is 6.77. The van der Waals surface area contributed by atoms with Crippen molar-refractivity contribution in [3.05, 3.63) is 29.7 Å². The first kappa shape index (κ1) is 15.6. The molecule has 2 aromatic heterocycles. The minimum atomic E-state index is -4.28. The van der Waals surface area contributed by atoms with Gasteiger partial charge in [-0.1, -0.05) is 0 Å².